The van der Waals surface area contributed by atoms with Crippen molar-refractivity contribution in [2.45, 2.75) is 19.5 Å². The first-order valence-electron chi connectivity index (χ1n) is 10.3. The second-order valence-electron chi connectivity index (χ2n) is 8.17. The van der Waals surface area contributed by atoms with E-state index in [4.69, 9.17) is 0 Å². The summed E-state index contributed by atoms with van der Waals surface area (Å²) < 4.78 is 54.3. The normalized spacial score (nSPS) is 11.4. The number of hydrogen-bond acceptors (Lipinski definition) is 3. The van der Waals surface area contributed by atoms with Gasteiger partial charge in [0.05, 0.1) is 23.5 Å². The van der Waals surface area contributed by atoms with Gasteiger partial charge in [0.2, 0.25) is 5.91 Å². The maximum Gasteiger partial charge on any atom is 0.416 e. The second-order valence-corrected chi connectivity index (χ2v) is 8.17. The van der Waals surface area contributed by atoms with E-state index >= 15 is 0 Å². The van der Waals surface area contributed by atoms with Crippen molar-refractivity contribution < 1.29 is 27.2 Å². The summed E-state index contributed by atoms with van der Waals surface area (Å²) in [6, 6.07) is 9.29. The van der Waals surface area contributed by atoms with Crippen molar-refractivity contribution in [1.29, 1.82) is 0 Å². The predicted molar refractivity (Wildman–Crippen MR) is 119 cm³/mol. The lowest BCUT2D eigenvalue weighted by Crippen LogP contribution is -2.36. The van der Waals surface area contributed by atoms with Crippen molar-refractivity contribution in [1.82, 2.24) is 20.0 Å². The number of amides is 2. The molecule has 0 atom stereocenters. The fourth-order valence-electron chi connectivity index (χ4n) is 3.50. The summed E-state index contributed by atoms with van der Waals surface area (Å²) in [7, 11) is 4.88. The van der Waals surface area contributed by atoms with Crippen LogP contribution in [0.2, 0.25) is 0 Å². The van der Waals surface area contributed by atoms with Crippen LogP contribution in [-0.2, 0) is 24.4 Å². The second kappa shape index (κ2) is 9.66. The van der Waals surface area contributed by atoms with E-state index in [-0.39, 0.29) is 30.3 Å². The zero-order chi connectivity index (χ0) is 25.2. The summed E-state index contributed by atoms with van der Waals surface area (Å²) in [5.74, 6) is -1.57. The smallest absolute Gasteiger partial charge is 0.347 e. The Morgan fingerprint density at radius 1 is 1.09 bits per heavy atom. The minimum absolute atomic E-state index is 0.0219. The highest BCUT2D eigenvalue weighted by molar-refractivity contribution is 5.98. The molecule has 0 aliphatic heterocycles. The van der Waals surface area contributed by atoms with Crippen molar-refractivity contribution in [2.24, 2.45) is 7.05 Å². The van der Waals surface area contributed by atoms with Crippen LogP contribution in [0.3, 0.4) is 0 Å². The Kier molecular flexibility index (Phi) is 7.09. The highest BCUT2D eigenvalue weighted by Gasteiger charge is 2.31. The number of aromatic nitrogens is 2. The monoisotopic (exact) mass is 476 g/mol. The average molecular weight is 476 g/mol. The maximum absolute atomic E-state index is 13.7. The Labute approximate surface area is 194 Å². The summed E-state index contributed by atoms with van der Waals surface area (Å²) in [4.78, 5) is 25.5. The van der Waals surface area contributed by atoms with E-state index in [1.54, 1.807) is 57.0 Å². The molecule has 0 aliphatic carbocycles. The molecule has 2 amide bonds. The van der Waals surface area contributed by atoms with Gasteiger partial charge in [-0.05, 0) is 54.4 Å². The quantitative estimate of drug-likeness (QED) is 0.548. The number of rotatable bonds is 6. The summed E-state index contributed by atoms with van der Waals surface area (Å²) in [5, 5.41) is 6.93. The molecular weight excluding hydrogens is 452 g/mol. The van der Waals surface area contributed by atoms with Crippen LogP contribution in [0.15, 0.2) is 42.5 Å². The van der Waals surface area contributed by atoms with E-state index in [1.165, 1.54) is 4.90 Å². The van der Waals surface area contributed by atoms with Gasteiger partial charge in [0.15, 0.2) is 0 Å². The number of carbonyl (C=O) groups is 2. The third-order valence-corrected chi connectivity index (χ3v) is 5.27. The van der Waals surface area contributed by atoms with Crippen LogP contribution >= 0.6 is 0 Å². The van der Waals surface area contributed by atoms with Crippen molar-refractivity contribution >= 4 is 11.8 Å². The predicted octanol–water partition coefficient (Wildman–Crippen LogP) is 3.96. The van der Waals surface area contributed by atoms with Crippen LogP contribution < -0.4 is 5.32 Å². The van der Waals surface area contributed by atoms with E-state index in [0.717, 1.165) is 17.7 Å². The van der Waals surface area contributed by atoms with Crippen molar-refractivity contribution in [3.8, 4) is 11.3 Å². The highest BCUT2D eigenvalue weighted by atomic mass is 19.4. The van der Waals surface area contributed by atoms with Gasteiger partial charge < -0.3 is 10.2 Å². The van der Waals surface area contributed by atoms with Gasteiger partial charge in [-0.2, -0.15) is 18.3 Å². The van der Waals surface area contributed by atoms with Gasteiger partial charge in [-0.1, -0.05) is 6.07 Å². The van der Waals surface area contributed by atoms with Crippen LogP contribution in [-0.4, -0.2) is 47.1 Å². The molecule has 2 aromatic carbocycles. The molecule has 6 nitrogen and oxygen atoms in total. The molecule has 0 bridgehead atoms. The first kappa shape index (κ1) is 24.9. The fraction of sp³-hybridized carbons (Fsp3) is 0.292. The third-order valence-electron chi connectivity index (χ3n) is 5.27. The van der Waals surface area contributed by atoms with Crippen molar-refractivity contribution in [3.05, 3.63) is 76.2 Å². The zero-order valence-electron chi connectivity index (χ0n) is 19.1. The molecule has 0 aliphatic rings. The molecule has 0 saturated heterocycles. The molecular formula is C24H24F4N4O2. The first-order chi connectivity index (χ1) is 15.8. The lowest BCUT2D eigenvalue weighted by Gasteiger charge is -2.12. The van der Waals surface area contributed by atoms with Gasteiger partial charge in [0.25, 0.3) is 5.91 Å². The van der Waals surface area contributed by atoms with Crippen LogP contribution in [0.4, 0.5) is 17.6 Å². The largest absolute Gasteiger partial charge is 0.416 e. The number of carbonyl (C=O) groups excluding carboxylic acids is 2. The molecule has 1 aromatic heterocycles. The van der Waals surface area contributed by atoms with Gasteiger partial charge in [-0.25, -0.2) is 4.39 Å². The summed E-state index contributed by atoms with van der Waals surface area (Å²) in [5.41, 5.74) is 2.10. The SMILES string of the molecule is Cc1cc(-c2cc(Cc3cc(F)cc(C(F)(F)F)c3)nn2C)ccc1C(=O)NCC(=O)N(C)C. The van der Waals surface area contributed by atoms with Gasteiger partial charge in [-0.15, -0.1) is 0 Å². The van der Waals surface area contributed by atoms with Crippen LogP contribution in [0.5, 0.6) is 0 Å². The fourth-order valence-corrected chi connectivity index (χ4v) is 3.50. The van der Waals surface area contributed by atoms with Crippen LogP contribution in [0.1, 0.15) is 32.7 Å². The van der Waals surface area contributed by atoms with Crippen LogP contribution in [0.25, 0.3) is 11.3 Å². The number of halogens is 4. The van der Waals surface area contributed by atoms with Gasteiger partial charge >= 0.3 is 6.18 Å². The Bertz CT molecular complexity index is 1230. The molecule has 10 heteroatoms. The number of likely N-dealkylation sites (N-methyl/N-ethyl adjacent to an activating group) is 1. The van der Waals surface area contributed by atoms with E-state index < -0.39 is 17.6 Å². The molecule has 0 saturated carbocycles. The minimum atomic E-state index is -4.64. The third kappa shape index (κ3) is 5.81. The Morgan fingerprint density at radius 3 is 2.41 bits per heavy atom. The lowest BCUT2D eigenvalue weighted by molar-refractivity contribution is -0.137. The van der Waals surface area contributed by atoms with Crippen molar-refractivity contribution in [2.75, 3.05) is 20.6 Å². The number of benzene rings is 2. The van der Waals surface area contributed by atoms with E-state index in [9.17, 15) is 27.2 Å². The highest BCUT2D eigenvalue weighted by Crippen LogP contribution is 2.31. The van der Waals surface area contributed by atoms with E-state index in [2.05, 4.69) is 10.4 Å². The molecule has 3 aromatic rings. The lowest BCUT2D eigenvalue weighted by atomic mass is 10.0. The summed E-state index contributed by atoms with van der Waals surface area (Å²) in [6.45, 7) is 1.64. The molecule has 1 N–H and O–H groups in total. The number of aryl methyl sites for hydroxylation is 2. The van der Waals surface area contributed by atoms with Crippen molar-refractivity contribution in [3.63, 3.8) is 0 Å². The number of nitrogens with one attached hydrogen (secondary N) is 1. The molecule has 0 radical (unpaired) electrons. The van der Waals surface area contributed by atoms with Gasteiger partial charge in [0.1, 0.15) is 5.82 Å². The first-order valence-corrected chi connectivity index (χ1v) is 10.3. The summed E-state index contributed by atoms with van der Waals surface area (Å²) in [6.07, 6.45) is -4.62. The number of nitrogens with zero attached hydrogens (tertiary/aromatic N) is 3. The topological polar surface area (TPSA) is 67.2 Å². The van der Waals surface area contributed by atoms with E-state index in [0.29, 0.717) is 28.6 Å². The molecule has 180 valence electrons. The van der Waals surface area contributed by atoms with Crippen LogP contribution in [0, 0.1) is 12.7 Å². The molecule has 1 heterocycles. The minimum Gasteiger partial charge on any atom is -0.347 e. The molecule has 3 rings (SSSR count). The summed E-state index contributed by atoms with van der Waals surface area (Å²) >= 11 is 0. The average Bonchev–Trinajstić information content (AvgIpc) is 3.10. The number of hydrogen-bond donors (Lipinski definition) is 1. The van der Waals surface area contributed by atoms with E-state index in [1.807, 2.05) is 0 Å². The Hall–Kier alpha value is -3.69. The Balaban J connectivity index is 1.80. The van der Waals surface area contributed by atoms with Gasteiger partial charge in [0, 0.05) is 38.7 Å². The maximum atomic E-state index is 13.7. The molecule has 0 unspecified atom stereocenters. The molecule has 0 spiro atoms. The standard InChI is InChI=1S/C24H24F4N4O2/c1-14-7-16(5-6-20(14)23(34)29-13-22(33)31(2)3)21-12-19(30-32(21)4)10-15-8-17(24(26,27)28)11-18(25)9-15/h5-9,11-12H,10,13H2,1-4H3,(H,29,34). The molecule has 0 fully saturated rings. The molecule has 34 heavy (non-hydrogen) atoms. The Morgan fingerprint density at radius 2 is 1.79 bits per heavy atom. The number of alkyl halides is 3. The zero-order valence-corrected chi connectivity index (χ0v) is 19.1. The van der Waals surface area contributed by atoms with Gasteiger partial charge in [-0.3, -0.25) is 14.3 Å².